The Balaban J connectivity index is 2.39. The first-order valence-corrected chi connectivity index (χ1v) is 5.98. The lowest BCUT2D eigenvalue weighted by Gasteiger charge is -2.11. The van der Waals surface area contributed by atoms with Crippen LogP contribution in [-0.4, -0.2) is 23.0 Å². The van der Waals surface area contributed by atoms with Crippen LogP contribution in [0, 0.1) is 13.8 Å². The molecular weight excluding hydrogens is 258 g/mol. The summed E-state index contributed by atoms with van der Waals surface area (Å²) in [5.41, 5.74) is 7.85. The number of ether oxygens (including phenoxy) is 2. The number of nitrogen functional groups attached to an aromatic ring is 1. The Bertz CT molecular complexity index is 636. The van der Waals surface area contributed by atoms with E-state index < -0.39 is 5.97 Å². The highest BCUT2D eigenvalue weighted by molar-refractivity contribution is 5.85. The first-order chi connectivity index (χ1) is 9.51. The Kier molecular flexibility index (Phi) is 3.84. The molecule has 6 heteroatoms. The number of nitrogens with two attached hydrogens (primary N) is 1. The Labute approximate surface area is 116 Å². The first kappa shape index (κ1) is 13.8. The number of nitrogens with zero attached hydrogens (tertiary/aromatic N) is 2. The SMILES string of the molecule is COC(=O)c1nc(C)cc(Oc2c(C)cccc2N)n1. The van der Waals surface area contributed by atoms with Crippen molar-refractivity contribution in [3.05, 3.63) is 41.3 Å². The third-order valence-electron chi connectivity index (χ3n) is 2.65. The minimum Gasteiger partial charge on any atom is -0.463 e. The van der Waals surface area contributed by atoms with Gasteiger partial charge < -0.3 is 15.2 Å². The summed E-state index contributed by atoms with van der Waals surface area (Å²) in [6, 6.07) is 7.07. The molecule has 20 heavy (non-hydrogen) atoms. The van der Waals surface area contributed by atoms with Crippen molar-refractivity contribution in [3.63, 3.8) is 0 Å². The second-order valence-electron chi connectivity index (χ2n) is 4.26. The monoisotopic (exact) mass is 273 g/mol. The summed E-state index contributed by atoms with van der Waals surface area (Å²) in [5, 5.41) is 0. The maximum atomic E-state index is 11.5. The lowest BCUT2D eigenvalue weighted by Crippen LogP contribution is -2.09. The standard InChI is InChI=1S/C14H15N3O3/c1-8-5-4-6-10(15)12(8)20-11-7-9(2)16-13(17-11)14(18)19-3/h4-7H,15H2,1-3H3. The smallest absolute Gasteiger partial charge is 0.376 e. The zero-order valence-electron chi connectivity index (χ0n) is 11.5. The number of carbonyl (C=O) groups is 1. The molecule has 2 N–H and O–H groups in total. The number of carbonyl (C=O) groups excluding carboxylic acids is 1. The second-order valence-corrected chi connectivity index (χ2v) is 4.26. The van der Waals surface area contributed by atoms with Gasteiger partial charge in [-0.15, -0.1) is 0 Å². The van der Waals surface area contributed by atoms with E-state index >= 15 is 0 Å². The fourth-order valence-electron chi connectivity index (χ4n) is 1.69. The second kappa shape index (κ2) is 5.56. The number of methoxy groups -OCH3 is 1. The molecule has 2 aromatic rings. The van der Waals surface area contributed by atoms with Gasteiger partial charge in [-0.1, -0.05) is 12.1 Å². The molecule has 1 aromatic carbocycles. The molecule has 0 spiro atoms. The number of esters is 1. The highest BCUT2D eigenvalue weighted by Crippen LogP contribution is 2.30. The molecule has 0 saturated carbocycles. The molecule has 104 valence electrons. The number of hydrogen-bond acceptors (Lipinski definition) is 6. The van der Waals surface area contributed by atoms with E-state index in [-0.39, 0.29) is 11.7 Å². The summed E-state index contributed by atoms with van der Waals surface area (Å²) >= 11 is 0. The van der Waals surface area contributed by atoms with Crippen LogP contribution in [0.1, 0.15) is 21.9 Å². The van der Waals surface area contributed by atoms with Gasteiger partial charge in [0, 0.05) is 11.8 Å². The van der Waals surface area contributed by atoms with E-state index in [1.807, 2.05) is 19.1 Å². The molecule has 0 aliphatic rings. The maximum absolute atomic E-state index is 11.5. The predicted molar refractivity (Wildman–Crippen MR) is 73.8 cm³/mol. The maximum Gasteiger partial charge on any atom is 0.376 e. The van der Waals surface area contributed by atoms with Crippen LogP contribution in [0.5, 0.6) is 11.6 Å². The van der Waals surface area contributed by atoms with Crippen LogP contribution < -0.4 is 10.5 Å². The largest absolute Gasteiger partial charge is 0.463 e. The number of hydrogen-bond donors (Lipinski definition) is 1. The van der Waals surface area contributed by atoms with Crippen molar-refractivity contribution >= 4 is 11.7 Å². The average Bonchev–Trinajstić information content (AvgIpc) is 2.41. The van der Waals surface area contributed by atoms with Crippen molar-refractivity contribution in [1.29, 1.82) is 0 Å². The lowest BCUT2D eigenvalue weighted by atomic mass is 10.2. The normalized spacial score (nSPS) is 10.2. The van der Waals surface area contributed by atoms with Gasteiger partial charge in [0.2, 0.25) is 11.7 Å². The van der Waals surface area contributed by atoms with E-state index in [1.165, 1.54) is 7.11 Å². The molecular formula is C14H15N3O3. The summed E-state index contributed by atoms with van der Waals surface area (Å²) in [4.78, 5) is 19.5. The highest BCUT2D eigenvalue weighted by Gasteiger charge is 2.14. The molecule has 0 bridgehead atoms. The number of anilines is 1. The van der Waals surface area contributed by atoms with Gasteiger partial charge in [-0.3, -0.25) is 0 Å². The van der Waals surface area contributed by atoms with E-state index in [4.69, 9.17) is 10.5 Å². The van der Waals surface area contributed by atoms with Crippen LogP contribution >= 0.6 is 0 Å². The van der Waals surface area contributed by atoms with Crippen molar-refractivity contribution < 1.29 is 14.3 Å². The molecule has 0 unspecified atom stereocenters. The lowest BCUT2D eigenvalue weighted by molar-refractivity contribution is 0.0585. The van der Waals surface area contributed by atoms with E-state index in [0.717, 1.165) is 5.56 Å². The molecule has 6 nitrogen and oxygen atoms in total. The summed E-state index contributed by atoms with van der Waals surface area (Å²) < 4.78 is 10.3. The van der Waals surface area contributed by atoms with Gasteiger partial charge in [0.05, 0.1) is 12.8 Å². The zero-order chi connectivity index (χ0) is 14.7. The van der Waals surface area contributed by atoms with Crippen LogP contribution in [0.3, 0.4) is 0 Å². The molecule has 0 aliphatic carbocycles. The van der Waals surface area contributed by atoms with Crippen LogP contribution in [-0.2, 0) is 4.74 Å². The molecule has 1 heterocycles. The van der Waals surface area contributed by atoms with Gasteiger partial charge in [0.1, 0.15) is 0 Å². The molecule has 0 atom stereocenters. The number of aryl methyl sites for hydroxylation is 2. The highest BCUT2D eigenvalue weighted by atomic mass is 16.5. The minimum atomic E-state index is -0.615. The van der Waals surface area contributed by atoms with Crippen molar-refractivity contribution in [2.24, 2.45) is 0 Å². The summed E-state index contributed by atoms with van der Waals surface area (Å²) in [6.45, 7) is 3.61. The van der Waals surface area contributed by atoms with Crippen molar-refractivity contribution in [1.82, 2.24) is 9.97 Å². The molecule has 2 rings (SSSR count). The summed E-state index contributed by atoms with van der Waals surface area (Å²) in [5.74, 6) is 0.103. The average molecular weight is 273 g/mol. The van der Waals surface area contributed by atoms with Gasteiger partial charge in [-0.05, 0) is 25.5 Å². The minimum absolute atomic E-state index is 0.0466. The van der Waals surface area contributed by atoms with Crippen molar-refractivity contribution in [2.75, 3.05) is 12.8 Å². The van der Waals surface area contributed by atoms with E-state index in [1.54, 1.807) is 19.1 Å². The van der Waals surface area contributed by atoms with E-state index in [0.29, 0.717) is 17.1 Å². The van der Waals surface area contributed by atoms with Crippen LogP contribution in [0.25, 0.3) is 0 Å². The third-order valence-corrected chi connectivity index (χ3v) is 2.65. The molecule has 0 fully saturated rings. The predicted octanol–water partition coefficient (Wildman–Crippen LogP) is 2.25. The molecule has 0 aliphatic heterocycles. The molecule has 1 aromatic heterocycles. The van der Waals surface area contributed by atoms with Crippen LogP contribution in [0.2, 0.25) is 0 Å². The fraction of sp³-hybridized carbons (Fsp3) is 0.214. The molecule has 0 amide bonds. The number of rotatable bonds is 3. The van der Waals surface area contributed by atoms with Crippen molar-refractivity contribution in [2.45, 2.75) is 13.8 Å². The summed E-state index contributed by atoms with van der Waals surface area (Å²) in [6.07, 6.45) is 0. The Morgan fingerprint density at radius 1 is 1.25 bits per heavy atom. The third kappa shape index (κ3) is 2.85. The zero-order valence-corrected chi connectivity index (χ0v) is 11.5. The number of aromatic nitrogens is 2. The Morgan fingerprint density at radius 3 is 2.65 bits per heavy atom. The van der Waals surface area contributed by atoms with Gasteiger partial charge in [-0.25, -0.2) is 9.78 Å². The molecule has 0 saturated heterocycles. The number of para-hydroxylation sites is 1. The van der Waals surface area contributed by atoms with E-state index in [2.05, 4.69) is 14.7 Å². The van der Waals surface area contributed by atoms with Gasteiger partial charge in [0.15, 0.2) is 5.75 Å². The van der Waals surface area contributed by atoms with Gasteiger partial charge in [0.25, 0.3) is 0 Å². The van der Waals surface area contributed by atoms with Crippen LogP contribution in [0.15, 0.2) is 24.3 Å². The summed E-state index contributed by atoms with van der Waals surface area (Å²) in [7, 11) is 1.27. The van der Waals surface area contributed by atoms with Crippen molar-refractivity contribution in [3.8, 4) is 11.6 Å². The molecule has 0 radical (unpaired) electrons. The van der Waals surface area contributed by atoms with E-state index in [9.17, 15) is 4.79 Å². The fourth-order valence-corrected chi connectivity index (χ4v) is 1.69. The van der Waals surface area contributed by atoms with Crippen LogP contribution in [0.4, 0.5) is 5.69 Å². The van der Waals surface area contributed by atoms with Gasteiger partial charge in [-0.2, -0.15) is 4.98 Å². The topological polar surface area (TPSA) is 87.3 Å². The van der Waals surface area contributed by atoms with Gasteiger partial charge >= 0.3 is 5.97 Å². The number of benzene rings is 1. The quantitative estimate of drug-likeness (QED) is 0.681. The first-order valence-electron chi connectivity index (χ1n) is 5.98. The Morgan fingerprint density at radius 2 is 2.00 bits per heavy atom. The Hall–Kier alpha value is -2.63.